The molecular formula is C9H5Br2NOS. The summed E-state index contributed by atoms with van der Waals surface area (Å²) in [5, 5.41) is 2.52. The summed E-state index contributed by atoms with van der Waals surface area (Å²) in [6.07, 6.45) is 1.71. The molecule has 0 amide bonds. The number of ether oxygens (including phenoxy) is 1. The molecule has 0 radical (unpaired) electrons. The second kappa shape index (κ2) is 4.42. The van der Waals surface area contributed by atoms with E-state index in [9.17, 15) is 0 Å². The molecule has 0 aliphatic heterocycles. The van der Waals surface area contributed by atoms with Crippen molar-refractivity contribution in [1.29, 1.82) is 0 Å². The highest BCUT2D eigenvalue weighted by atomic mass is 79.9. The normalized spacial score (nSPS) is 10.1. The van der Waals surface area contributed by atoms with E-state index in [0.29, 0.717) is 5.19 Å². The average molecular weight is 335 g/mol. The monoisotopic (exact) mass is 333 g/mol. The van der Waals surface area contributed by atoms with Gasteiger partial charge in [-0.3, -0.25) is 0 Å². The number of hydrogen-bond donors (Lipinski definition) is 0. The van der Waals surface area contributed by atoms with Gasteiger partial charge in [0.05, 0.1) is 4.47 Å². The van der Waals surface area contributed by atoms with Crippen LogP contribution in [0.4, 0.5) is 0 Å². The van der Waals surface area contributed by atoms with Crippen LogP contribution in [0.3, 0.4) is 0 Å². The number of thiazole rings is 1. The zero-order valence-electron chi connectivity index (χ0n) is 6.91. The first-order valence-corrected chi connectivity index (χ1v) is 6.25. The molecule has 0 saturated heterocycles. The molecule has 2 nitrogen and oxygen atoms in total. The summed E-state index contributed by atoms with van der Waals surface area (Å²) in [5.41, 5.74) is 0. The lowest BCUT2D eigenvalue weighted by Gasteiger charge is -2.04. The van der Waals surface area contributed by atoms with Gasteiger partial charge in [-0.2, -0.15) is 0 Å². The first-order chi connectivity index (χ1) is 6.77. The molecule has 1 aromatic carbocycles. The molecule has 2 rings (SSSR count). The van der Waals surface area contributed by atoms with Gasteiger partial charge < -0.3 is 4.74 Å². The maximum atomic E-state index is 5.56. The minimum Gasteiger partial charge on any atom is -0.430 e. The van der Waals surface area contributed by atoms with Crippen molar-refractivity contribution < 1.29 is 4.74 Å². The van der Waals surface area contributed by atoms with Crippen molar-refractivity contribution in [1.82, 2.24) is 4.98 Å². The summed E-state index contributed by atoms with van der Waals surface area (Å²) >= 11 is 8.30. The van der Waals surface area contributed by atoms with Gasteiger partial charge in [0.25, 0.3) is 5.19 Å². The molecular weight excluding hydrogens is 330 g/mol. The Kier molecular flexibility index (Phi) is 3.20. The van der Waals surface area contributed by atoms with Gasteiger partial charge in [-0.1, -0.05) is 17.4 Å². The molecule has 0 aliphatic carbocycles. The SMILES string of the molecule is Brc1cccc(Oc2nccs2)c1Br. The highest BCUT2D eigenvalue weighted by Gasteiger charge is 2.06. The predicted octanol–water partition coefficient (Wildman–Crippen LogP) is 4.46. The van der Waals surface area contributed by atoms with E-state index in [1.54, 1.807) is 6.20 Å². The number of rotatable bonds is 2. The standard InChI is InChI=1S/C9H5Br2NOS/c10-6-2-1-3-7(8(6)11)13-9-12-4-5-14-9/h1-5H. The smallest absolute Gasteiger partial charge is 0.278 e. The van der Waals surface area contributed by atoms with Gasteiger partial charge in [-0.15, -0.1) is 0 Å². The zero-order chi connectivity index (χ0) is 9.97. The van der Waals surface area contributed by atoms with Crippen molar-refractivity contribution in [3.05, 3.63) is 38.7 Å². The van der Waals surface area contributed by atoms with Crippen LogP contribution >= 0.6 is 43.2 Å². The summed E-state index contributed by atoms with van der Waals surface area (Å²) in [6.45, 7) is 0. The number of nitrogens with zero attached hydrogens (tertiary/aromatic N) is 1. The number of benzene rings is 1. The van der Waals surface area contributed by atoms with E-state index in [-0.39, 0.29) is 0 Å². The van der Waals surface area contributed by atoms with E-state index in [2.05, 4.69) is 36.8 Å². The second-order valence-corrected chi connectivity index (χ2v) is 4.96. The van der Waals surface area contributed by atoms with Crippen LogP contribution in [-0.4, -0.2) is 4.98 Å². The Morgan fingerprint density at radius 2 is 2.14 bits per heavy atom. The largest absolute Gasteiger partial charge is 0.430 e. The second-order valence-electron chi connectivity index (χ2n) is 2.45. The molecule has 14 heavy (non-hydrogen) atoms. The van der Waals surface area contributed by atoms with E-state index >= 15 is 0 Å². The van der Waals surface area contributed by atoms with Crippen LogP contribution in [0.25, 0.3) is 0 Å². The molecule has 72 valence electrons. The third kappa shape index (κ3) is 2.16. The average Bonchev–Trinajstić information content (AvgIpc) is 2.66. The van der Waals surface area contributed by atoms with Gasteiger partial charge >= 0.3 is 0 Å². The van der Waals surface area contributed by atoms with E-state index in [0.717, 1.165) is 14.7 Å². The molecule has 2 aromatic rings. The van der Waals surface area contributed by atoms with Crippen molar-refractivity contribution in [3.63, 3.8) is 0 Å². The fourth-order valence-corrected chi connectivity index (χ4v) is 2.11. The fraction of sp³-hybridized carbons (Fsp3) is 0. The lowest BCUT2D eigenvalue weighted by Crippen LogP contribution is -1.84. The Morgan fingerprint density at radius 3 is 2.86 bits per heavy atom. The Hall–Kier alpha value is -0.390. The Morgan fingerprint density at radius 1 is 1.29 bits per heavy atom. The first-order valence-electron chi connectivity index (χ1n) is 3.79. The highest BCUT2D eigenvalue weighted by Crippen LogP contribution is 2.35. The third-order valence-electron chi connectivity index (χ3n) is 1.52. The van der Waals surface area contributed by atoms with Crippen LogP contribution in [0, 0.1) is 0 Å². The molecule has 1 aromatic heterocycles. The summed E-state index contributed by atoms with van der Waals surface area (Å²) in [7, 11) is 0. The van der Waals surface area contributed by atoms with Crippen LogP contribution in [0.1, 0.15) is 0 Å². The maximum absolute atomic E-state index is 5.56. The fourth-order valence-electron chi connectivity index (χ4n) is 0.918. The van der Waals surface area contributed by atoms with E-state index < -0.39 is 0 Å². The molecule has 0 atom stereocenters. The van der Waals surface area contributed by atoms with Crippen molar-refractivity contribution in [2.24, 2.45) is 0 Å². The van der Waals surface area contributed by atoms with Crippen molar-refractivity contribution in [3.8, 4) is 10.9 Å². The van der Waals surface area contributed by atoms with Gasteiger partial charge in [-0.25, -0.2) is 4.98 Å². The van der Waals surface area contributed by atoms with Crippen molar-refractivity contribution >= 4 is 43.2 Å². The Bertz CT molecular complexity index is 430. The van der Waals surface area contributed by atoms with Gasteiger partial charge in [0, 0.05) is 16.0 Å². The molecule has 0 unspecified atom stereocenters. The molecule has 0 N–H and O–H groups in total. The van der Waals surface area contributed by atoms with Crippen LogP contribution in [-0.2, 0) is 0 Å². The van der Waals surface area contributed by atoms with Crippen LogP contribution in [0.15, 0.2) is 38.7 Å². The van der Waals surface area contributed by atoms with Crippen molar-refractivity contribution in [2.45, 2.75) is 0 Å². The predicted molar refractivity (Wildman–Crippen MR) is 64.0 cm³/mol. The molecule has 1 heterocycles. The Balaban J connectivity index is 2.29. The minimum absolute atomic E-state index is 0.642. The first kappa shape index (κ1) is 10.1. The zero-order valence-corrected chi connectivity index (χ0v) is 10.9. The maximum Gasteiger partial charge on any atom is 0.278 e. The van der Waals surface area contributed by atoms with Crippen molar-refractivity contribution in [2.75, 3.05) is 0 Å². The third-order valence-corrected chi connectivity index (χ3v) is 4.18. The quantitative estimate of drug-likeness (QED) is 0.808. The molecule has 0 fully saturated rings. The van der Waals surface area contributed by atoms with E-state index in [1.807, 2.05) is 23.6 Å². The molecule has 0 saturated carbocycles. The lowest BCUT2D eigenvalue weighted by atomic mass is 10.3. The van der Waals surface area contributed by atoms with Gasteiger partial charge in [0.1, 0.15) is 5.75 Å². The molecule has 5 heteroatoms. The number of hydrogen-bond acceptors (Lipinski definition) is 3. The van der Waals surface area contributed by atoms with Crippen LogP contribution in [0.5, 0.6) is 10.9 Å². The minimum atomic E-state index is 0.642. The number of aromatic nitrogens is 1. The lowest BCUT2D eigenvalue weighted by molar-refractivity contribution is 0.475. The topological polar surface area (TPSA) is 22.1 Å². The molecule has 0 spiro atoms. The van der Waals surface area contributed by atoms with Gasteiger partial charge in [0.15, 0.2) is 0 Å². The molecule has 0 bridgehead atoms. The van der Waals surface area contributed by atoms with Gasteiger partial charge in [0.2, 0.25) is 0 Å². The molecule has 0 aliphatic rings. The highest BCUT2D eigenvalue weighted by molar-refractivity contribution is 9.13. The van der Waals surface area contributed by atoms with Crippen LogP contribution in [0.2, 0.25) is 0 Å². The Labute approximate surface area is 102 Å². The number of halogens is 2. The summed E-state index contributed by atoms with van der Waals surface area (Å²) in [4.78, 5) is 4.04. The van der Waals surface area contributed by atoms with E-state index in [4.69, 9.17) is 4.74 Å². The summed E-state index contributed by atoms with van der Waals surface area (Å²) in [5.74, 6) is 0.759. The summed E-state index contributed by atoms with van der Waals surface area (Å²) in [6, 6.07) is 5.74. The van der Waals surface area contributed by atoms with Crippen LogP contribution < -0.4 is 4.74 Å². The van der Waals surface area contributed by atoms with E-state index in [1.165, 1.54) is 11.3 Å². The summed E-state index contributed by atoms with van der Waals surface area (Å²) < 4.78 is 7.42. The van der Waals surface area contributed by atoms with Gasteiger partial charge in [-0.05, 0) is 44.0 Å².